The molecule has 0 unspecified atom stereocenters. The minimum absolute atomic E-state index is 0.249. The molecule has 0 saturated carbocycles. The molecule has 0 spiro atoms. The van der Waals surface area contributed by atoms with Crippen LogP contribution in [0.3, 0.4) is 0 Å². The summed E-state index contributed by atoms with van der Waals surface area (Å²) in [5.74, 6) is -1.44. The van der Waals surface area contributed by atoms with Gasteiger partial charge in [-0.3, -0.25) is 9.59 Å². The summed E-state index contributed by atoms with van der Waals surface area (Å²) in [4.78, 5) is 23.0. The van der Waals surface area contributed by atoms with Gasteiger partial charge in [-0.25, -0.2) is 0 Å². The first-order valence-electron chi connectivity index (χ1n) is 6.20. The van der Waals surface area contributed by atoms with Gasteiger partial charge in [0.15, 0.2) is 0 Å². The molecule has 2 rings (SSSR count). The molecule has 0 fully saturated rings. The maximum Gasteiger partial charge on any atom is 0.323 e. The second-order valence-electron chi connectivity index (χ2n) is 4.51. The molecule has 6 heteroatoms. The van der Waals surface area contributed by atoms with Gasteiger partial charge in [0.25, 0.3) is 5.91 Å². The third kappa shape index (κ3) is 3.28. The van der Waals surface area contributed by atoms with E-state index >= 15 is 0 Å². The Balaban J connectivity index is 2.25. The van der Waals surface area contributed by atoms with Gasteiger partial charge in [0, 0.05) is 11.9 Å². The first kappa shape index (κ1) is 14.3. The number of anilines is 1. The molecule has 6 nitrogen and oxygen atoms in total. The molecule has 2 N–H and O–H groups in total. The average molecular weight is 283 g/mol. The fraction of sp³-hybridized carbons (Fsp3) is 0.133. The summed E-state index contributed by atoms with van der Waals surface area (Å²) in [5.41, 5.74) is 2.04. The molecule has 0 bridgehead atoms. The van der Waals surface area contributed by atoms with Crippen LogP contribution < -0.4 is 5.32 Å². The molecule has 21 heavy (non-hydrogen) atoms. The average Bonchev–Trinajstić information content (AvgIpc) is 2.88. The molecule has 1 amide bonds. The first-order valence-corrected chi connectivity index (χ1v) is 6.20. The zero-order valence-electron chi connectivity index (χ0n) is 11.3. The van der Waals surface area contributed by atoms with Crippen molar-refractivity contribution in [3.8, 4) is 6.07 Å². The number of benzene rings is 1. The van der Waals surface area contributed by atoms with Crippen molar-refractivity contribution in [2.24, 2.45) is 0 Å². The molecular weight excluding hydrogens is 270 g/mol. The summed E-state index contributed by atoms with van der Waals surface area (Å²) in [6, 6.07) is 10.1. The number of rotatable bonds is 4. The van der Waals surface area contributed by atoms with E-state index in [1.54, 1.807) is 30.3 Å². The van der Waals surface area contributed by atoms with Crippen molar-refractivity contribution in [1.29, 1.82) is 5.26 Å². The number of hydrogen-bond acceptors (Lipinski definition) is 3. The number of carboxylic acids is 1. The number of aromatic nitrogens is 1. The van der Waals surface area contributed by atoms with Gasteiger partial charge in [-0.2, -0.15) is 5.26 Å². The Hall–Kier alpha value is -3.07. The Morgan fingerprint density at radius 2 is 2.14 bits per heavy atom. The Morgan fingerprint density at radius 1 is 1.38 bits per heavy atom. The third-order valence-electron chi connectivity index (χ3n) is 2.98. The van der Waals surface area contributed by atoms with E-state index in [9.17, 15) is 9.59 Å². The standard InChI is InChI=1S/C15H13N3O3/c1-10-4-5-11(8-16)7-12(10)17-15(21)13-3-2-6-18(13)9-14(19)20/h2-7H,9H2,1H3,(H,17,21)(H,19,20). The molecular formula is C15H13N3O3. The fourth-order valence-corrected chi connectivity index (χ4v) is 1.92. The van der Waals surface area contributed by atoms with Crippen LogP contribution in [0.25, 0.3) is 0 Å². The van der Waals surface area contributed by atoms with E-state index in [2.05, 4.69) is 5.32 Å². The van der Waals surface area contributed by atoms with Crippen molar-refractivity contribution in [3.63, 3.8) is 0 Å². The van der Waals surface area contributed by atoms with Crippen molar-refractivity contribution in [1.82, 2.24) is 4.57 Å². The minimum atomic E-state index is -1.03. The number of amides is 1. The topological polar surface area (TPSA) is 95.1 Å². The third-order valence-corrected chi connectivity index (χ3v) is 2.98. The van der Waals surface area contributed by atoms with Crippen molar-refractivity contribution in [2.45, 2.75) is 13.5 Å². The van der Waals surface area contributed by atoms with Crippen LogP contribution in [0.1, 0.15) is 21.6 Å². The van der Waals surface area contributed by atoms with Gasteiger partial charge in [-0.05, 0) is 36.8 Å². The normalized spacial score (nSPS) is 9.90. The minimum Gasteiger partial charge on any atom is -0.480 e. The molecule has 0 radical (unpaired) electrons. The number of carbonyl (C=O) groups excluding carboxylic acids is 1. The van der Waals surface area contributed by atoms with Crippen LogP contribution in [0.4, 0.5) is 5.69 Å². The first-order chi connectivity index (χ1) is 10.0. The molecule has 0 saturated heterocycles. The molecule has 106 valence electrons. The quantitative estimate of drug-likeness (QED) is 0.897. The van der Waals surface area contributed by atoms with E-state index in [4.69, 9.17) is 10.4 Å². The number of aryl methyl sites for hydroxylation is 1. The summed E-state index contributed by atoms with van der Waals surface area (Å²) in [6.45, 7) is 1.53. The van der Waals surface area contributed by atoms with Crippen LogP contribution in [0.5, 0.6) is 0 Å². The van der Waals surface area contributed by atoms with Crippen LogP contribution in [0.2, 0.25) is 0 Å². The van der Waals surface area contributed by atoms with Crippen LogP contribution in [0, 0.1) is 18.3 Å². The van der Waals surface area contributed by atoms with E-state index in [0.29, 0.717) is 11.3 Å². The maximum absolute atomic E-state index is 12.2. The lowest BCUT2D eigenvalue weighted by atomic mass is 10.1. The van der Waals surface area contributed by atoms with Gasteiger partial charge in [-0.15, -0.1) is 0 Å². The molecule has 2 aromatic rings. The predicted octanol–water partition coefficient (Wildman–Crippen LogP) is 2.01. The molecule has 0 aliphatic heterocycles. The van der Waals surface area contributed by atoms with Crippen molar-refractivity contribution in [2.75, 3.05) is 5.32 Å². The van der Waals surface area contributed by atoms with E-state index in [0.717, 1.165) is 5.56 Å². The Labute approximate surface area is 121 Å². The smallest absolute Gasteiger partial charge is 0.323 e. The summed E-state index contributed by atoms with van der Waals surface area (Å²) < 4.78 is 1.35. The highest BCUT2D eigenvalue weighted by atomic mass is 16.4. The van der Waals surface area contributed by atoms with Gasteiger partial charge >= 0.3 is 5.97 Å². The highest BCUT2D eigenvalue weighted by Gasteiger charge is 2.14. The second kappa shape index (κ2) is 5.92. The lowest BCUT2D eigenvalue weighted by Crippen LogP contribution is -2.19. The zero-order valence-corrected chi connectivity index (χ0v) is 11.3. The zero-order chi connectivity index (χ0) is 15.4. The lowest BCUT2D eigenvalue weighted by Gasteiger charge is -2.10. The van der Waals surface area contributed by atoms with E-state index in [1.807, 2.05) is 13.0 Å². The number of aliphatic carboxylic acids is 1. The summed E-state index contributed by atoms with van der Waals surface area (Å²) in [5, 5.41) is 20.4. The Morgan fingerprint density at radius 3 is 2.81 bits per heavy atom. The van der Waals surface area contributed by atoms with Gasteiger partial charge in [0.2, 0.25) is 0 Å². The SMILES string of the molecule is Cc1ccc(C#N)cc1NC(=O)c1cccn1CC(=O)O. The summed E-state index contributed by atoms with van der Waals surface area (Å²) in [6.07, 6.45) is 1.53. The van der Waals surface area contributed by atoms with Gasteiger partial charge in [0.05, 0.1) is 11.6 Å². The maximum atomic E-state index is 12.2. The van der Waals surface area contributed by atoms with Crippen LogP contribution in [-0.4, -0.2) is 21.6 Å². The van der Waals surface area contributed by atoms with Crippen LogP contribution >= 0.6 is 0 Å². The second-order valence-corrected chi connectivity index (χ2v) is 4.51. The summed E-state index contributed by atoms with van der Waals surface area (Å²) in [7, 11) is 0. The number of nitriles is 1. The highest BCUT2D eigenvalue weighted by Crippen LogP contribution is 2.17. The number of hydrogen-bond donors (Lipinski definition) is 2. The van der Waals surface area contributed by atoms with E-state index in [1.165, 1.54) is 10.8 Å². The van der Waals surface area contributed by atoms with E-state index in [-0.39, 0.29) is 12.2 Å². The largest absolute Gasteiger partial charge is 0.480 e. The molecule has 1 aromatic carbocycles. The van der Waals surface area contributed by atoms with Crippen molar-refractivity contribution < 1.29 is 14.7 Å². The molecule has 0 atom stereocenters. The number of nitrogens with zero attached hydrogens (tertiary/aromatic N) is 2. The van der Waals surface area contributed by atoms with Gasteiger partial charge in [-0.1, -0.05) is 6.07 Å². The van der Waals surface area contributed by atoms with Gasteiger partial charge < -0.3 is 15.0 Å². The number of carbonyl (C=O) groups is 2. The fourth-order valence-electron chi connectivity index (χ4n) is 1.92. The van der Waals surface area contributed by atoms with Gasteiger partial charge in [0.1, 0.15) is 12.2 Å². The lowest BCUT2D eigenvalue weighted by molar-refractivity contribution is -0.137. The van der Waals surface area contributed by atoms with E-state index < -0.39 is 11.9 Å². The summed E-state index contributed by atoms with van der Waals surface area (Å²) >= 11 is 0. The molecule has 0 aliphatic rings. The van der Waals surface area contributed by atoms with Crippen molar-refractivity contribution >= 4 is 17.6 Å². The molecule has 0 aliphatic carbocycles. The molecule has 1 heterocycles. The number of nitrogens with one attached hydrogen (secondary N) is 1. The highest BCUT2D eigenvalue weighted by molar-refractivity contribution is 6.03. The van der Waals surface area contributed by atoms with Crippen LogP contribution in [0.15, 0.2) is 36.5 Å². The Kier molecular flexibility index (Phi) is 4.05. The Bertz CT molecular complexity index is 741. The van der Waals surface area contributed by atoms with Crippen LogP contribution in [-0.2, 0) is 11.3 Å². The monoisotopic (exact) mass is 283 g/mol. The number of carboxylic acid groups (broad SMARTS) is 1. The predicted molar refractivity (Wildman–Crippen MR) is 75.9 cm³/mol. The van der Waals surface area contributed by atoms with Crippen molar-refractivity contribution in [3.05, 3.63) is 53.3 Å². The molecule has 1 aromatic heterocycles.